The second-order valence-corrected chi connectivity index (χ2v) is 5.13. The molecule has 0 aliphatic rings. The zero-order valence-corrected chi connectivity index (χ0v) is 10.7. The molecule has 1 atom stereocenters. The number of hydrazine groups is 1. The van der Waals surface area contributed by atoms with Crippen LogP contribution in [0.3, 0.4) is 0 Å². The third kappa shape index (κ3) is 4.49. The van der Waals surface area contributed by atoms with E-state index < -0.39 is 0 Å². The Morgan fingerprint density at radius 1 is 1.31 bits per heavy atom. The lowest BCUT2D eigenvalue weighted by molar-refractivity contribution is -0.0148. The maximum atomic E-state index is 5.83. The summed E-state index contributed by atoms with van der Waals surface area (Å²) in [6.07, 6.45) is 0. The molecule has 0 saturated heterocycles. The Balaban J connectivity index is 2.64. The summed E-state index contributed by atoms with van der Waals surface area (Å²) in [5, 5.41) is 0.719. The molecule has 1 unspecified atom stereocenters. The largest absolute Gasteiger partial charge is 0.374 e. The van der Waals surface area contributed by atoms with E-state index in [-0.39, 0.29) is 11.6 Å². The predicted octanol–water partition coefficient (Wildman–Crippen LogP) is 2.66. The van der Waals surface area contributed by atoms with Gasteiger partial charge in [-0.3, -0.25) is 11.3 Å². The van der Waals surface area contributed by atoms with Gasteiger partial charge in [-0.1, -0.05) is 23.7 Å². The second kappa shape index (κ2) is 5.64. The number of hydrogen-bond donors (Lipinski definition) is 2. The van der Waals surface area contributed by atoms with E-state index in [2.05, 4.69) is 5.43 Å². The highest BCUT2D eigenvalue weighted by Gasteiger charge is 2.15. The van der Waals surface area contributed by atoms with E-state index in [0.717, 1.165) is 10.6 Å². The maximum Gasteiger partial charge on any atom is 0.0694 e. The molecule has 0 aliphatic heterocycles. The first-order valence-electron chi connectivity index (χ1n) is 5.28. The smallest absolute Gasteiger partial charge is 0.0694 e. The van der Waals surface area contributed by atoms with Gasteiger partial charge in [-0.2, -0.15) is 0 Å². The van der Waals surface area contributed by atoms with Crippen molar-refractivity contribution in [1.82, 2.24) is 5.43 Å². The SMILES string of the molecule is CC(C)(C)OCC(NN)c1ccc(Cl)cc1. The van der Waals surface area contributed by atoms with E-state index >= 15 is 0 Å². The van der Waals surface area contributed by atoms with Crippen LogP contribution in [-0.2, 0) is 4.74 Å². The first-order chi connectivity index (χ1) is 7.42. The molecule has 1 aromatic rings. The molecule has 1 rings (SSSR count). The number of halogens is 1. The van der Waals surface area contributed by atoms with Gasteiger partial charge in [-0.05, 0) is 38.5 Å². The van der Waals surface area contributed by atoms with Crippen LogP contribution in [0.25, 0.3) is 0 Å². The van der Waals surface area contributed by atoms with Crippen LogP contribution in [0.1, 0.15) is 32.4 Å². The Morgan fingerprint density at radius 3 is 2.31 bits per heavy atom. The minimum Gasteiger partial charge on any atom is -0.374 e. The quantitative estimate of drug-likeness (QED) is 0.630. The third-order valence-electron chi connectivity index (χ3n) is 2.16. The van der Waals surface area contributed by atoms with Crippen LogP contribution in [0.15, 0.2) is 24.3 Å². The van der Waals surface area contributed by atoms with Gasteiger partial charge in [0.15, 0.2) is 0 Å². The van der Waals surface area contributed by atoms with Crippen LogP contribution in [0.4, 0.5) is 0 Å². The molecule has 0 saturated carbocycles. The lowest BCUT2D eigenvalue weighted by Crippen LogP contribution is -2.34. The minimum atomic E-state index is -0.165. The summed E-state index contributed by atoms with van der Waals surface area (Å²) < 4.78 is 5.69. The number of rotatable bonds is 4. The molecular formula is C12H19ClN2O. The van der Waals surface area contributed by atoms with Crippen molar-refractivity contribution in [2.24, 2.45) is 5.84 Å². The van der Waals surface area contributed by atoms with Crippen molar-refractivity contribution in [2.45, 2.75) is 32.4 Å². The molecule has 0 aromatic heterocycles. The van der Waals surface area contributed by atoms with E-state index in [9.17, 15) is 0 Å². The topological polar surface area (TPSA) is 47.3 Å². The van der Waals surface area contributed by atoms with E-state index in [0.29, 0.717) is 6.61 Å². The molecule has 3 N–H and O–H groups in total. The zero-order chi connectivity index (χ0) is 12.2. The van der Waals surface area contributed by atoms with Crippen molar-refractivity contribution in [1.29, 1.82) is 0 Å². The first-order valence-corrected chi connectivity index (χ1v) is 5.66. The minimum absolute atomic E-state index is 0.0171. The van der Waals surface area contributed by atoms with Gasteiger partial charge in [0.05, 0.1) is 18.2 Å². The molecule has 3 nitrogen and oxygen atoms in total. The molecule has 0 amide bonds. The van der Waals surface area contributed by atoms with Crippen LogP contribution in [0.2, 0.25) is 5.02 Å². The highest BCUT2D eigenvalue weighted by Crippen LogP contribution is 2.18. The first kappa shape index (κ1) is 13.5. The monoisotopic (exact) mass is 242 g/mol. The number of nitrogens with one attached hydrogen (secondary N) is 1. The Bertz CT molecular complexity index is 319. The van der Waals surface area contributed by atoms with Gasteiger partial charge in [-0.15, -0.1) is 0 Å². The van der Waals surface area contributed by atoms with Crippen LogP contribution >= 0.6 is 11.6 Å². The average Bonchev–Trinajstić information content (AvgIpc) is 2.20. The van der Waals surface area contributed by atoms with Gasteiger partial charge in [0, 0.05) is 5.02 Å². The fourth-order valence-electron chi connectivity index (χ4n) is 1.27. The molecule has 90 valence electrons. The molecule has 0 bridgehead atoms. The summed E-state index contributed by atoms with van der Waals surface area (Å²) in [6, 6.07) is 7.56. The normalized spacial score (nSPS) is 13.8. The van der Waals surface area contributed by atoms with Crippen LogP contribution in [-0.4, -0.2) is 12.2 Å². The van der Waals surface area contributed by atoms with Crippen LogP contribution < -0.4 is 11.3 Å². The predicted molar refractivity (Wildman–Crippen MR) is 67.2 cm³/mol. The molecule has 0 radical (unpaired) electrons. The van der Waals surface area contributed by atoms with Crippen molar-refractivity contribution in [3.8, 4) is 0 Å². The molecule has 0 aliphatic carbocycles. The summed E-state index contributed by atoms with van der Waals surface area (Å²) in [7, 11) is 0. The van der Waals surface area contributed by atoms with Crippen molar-refractivity contribution < 1.29 is 4.74 Å². The highest BCUT2D eigenvalue weighted by molar-refractivity contribution is 6.30. The average molecular weight is 243 g/mol. The van der Waals surface area contributed by atoms with Crippen molar-refractivity contribution in [2.75, 3.05) is 6.61 Å². The fraction of sp³-hybridized carbons (Fsp3) is 0.500. The number of hydrogen-bond acceptors (Lipinski definition) is 3. The highest BCUT2D eigenvalue weighted by atomic mass is 35.5. The van der Waals surface area contributed by atoms with E-state index in [1.807, 2.05) is 45.0 Å². The lowest BCUT2D eigenvalue weighted by Gasteiger charge is -2.24. The number of nitrogens with two attached hydrogens (primary N) is 1. The maximum absolute atomic E-state index is 5.83. The summed E-state index contributed by atoms with van der Waals surface area (Å²) in [5.74, 6) is 5.51. The Labute approximate surface area is 102 Å². The molecule has 1 aromatic carbocycles. The molecule has 0 heterocycles. The standard InChI is InChI=1S/C12H19ClN2O/c1-12(2,3)16-8-11(15-14)9-4-6-10(13)7-5-9/h4-7,11,15H,8,14H2,1-3H3. The summed E-state index contributed by atoms with van der Waals surface area (Å²) in [5.41, 5.74) is 3.64. The second-order valence-electron chi connectivity index (χ2n) is 4.69. The molecule has 16 heavy (non-hydrogen) atoms. The van der Waals surface area contributed by atoms with Gasteiger partial charge < -0.3 is 4.74 Å². The Kier molecular flexibility index (Phi) is 4.74. The number of ether oxygens (including phenoxy) is 1. The van der Waals surface area contributed by atoms with Crippen molar-refractivity contribution >= 4 is 11.6 Å². The van der Waals surface area contributed by atoms with Crippen molar-refractivity contribution in [3.05, 3.63) is 34.9 Å². The van der Waals surface area contributed by atoms with Crippen molar-refractivity contribution in [3.63, 3.8) is 0 Å². The van der Waals surface area contributed by atoms with Crippen LogP contribution in [0.5, 0.6) is 0 Å². The van der Waals surface area contributed by atoms with E-state index in [4.69, 9.17) is 22.2 Å². The third-order valence-corrected chi connectivity index (χ3v) is 2.41. The van der Waals surface area contributed by atoms with E-state index in [1.54, 1.807) is 0 Å². The molecular weight excluding hydrogens is 224 g/mol. The van der Waals surface area contributed by atoms with E-state index in [1.165, 1.54) is 0 Å². The van der Waals surface area contributed by atoms with Gasteiger partial charge >= 0.3 is 0 Å². The van der Waals surface area contributed by atoms with Crippen LogP contribution in [0, 0.1) is 0 Å². The Morgan fingerprint density at radius 2 is 1.88 bits per heavy atom. The summed E-state index contributed by atoms with van der Waals surface area (Å²) in [6.45, 7) is 6.58. The Hall–Kier alpha value is -0.610. The van der Waals surface area contributed by atoms with Gasteiger partial charge in [0.25, 0.3) is 0 Å². The summed E-state index contributed by atoms with van der Waals surface area (Å²) in [4.78, 5) is 0. The van der Waals surface area contributed by atoms with Gasteiger partial charge in [0.1, 0.15) is 0 Å². The number of benzene rings is 1. The molecule has 0 spiro atoms. The fourth-order valence-corrected chi connectivity index (χ4v) is 1.39. The lowest BCUT2D eigenvalue weighted by atomic mass is 10.1. The molecule has 4 heteroatoms. The zero-order valence-electron chi connectivity index (χ0n) is 9.96. The van der Waals surface area contributed by atoms with Gasteiger partial charge in [0.2, 0.25) is 0 Å². The summed E-state index contributed by atoms with van der Waals surface area (Å²) >= 11 is 5.83. The van der Waals surface area contributed by atoms with Gasteiger partial charge in [-0.25, -0.2) is 0 Å². The molecule has 0 fully saturated rings.